The first kappa shape index (κ1) is 21.1. The van der Waals surface area contributed by atoms with E-state index in [1.807, 2.05) is 30.9 Å². The third-order valence-corrected chi connectivity index (χ3v) is 4.79. The molecule has 0 aliphatic carbocycles. The van der Waals surface area contributed by atoms with Gasteiger partial charge in [-0.15, -0.1) is 0 Å². The minimum Gasteiger partial charge on any atom is -0.383 e. The van der Waals surface area contributed by atoms with Gasteiger partial charge in [0.25, 0.3) is 11.5 Å². The second kappa shape index (κ2) is 9.65. The Morgan fingerprint density at radius 2 is 1.81 bits per heavy atom. The number of hydrogen-bond donors (Lipinski definition) is 0. The number of nitrogens with zero attached hydrogens (tertiary/aromatic N) is 3. The molecule has 0 N–H and O–H groups in total. The van der Waals surface area contributed by atoms with Crippen LogP contribution in [0.1, 0.15) is 51.0 Å². The number of amides is 1. The van der Waals surface area contributed by atoms with Crippen molar-refractivity contribution in [3.05, 3.63) is 40.3 Å². The molecule has 148 valence electrons. The van der Waals surface area contributed by atoms with Crippen molar-refractivity contribution in [2.45, 2.75) is 53.1 Å². The summed E-state index contributed by atoms with van der Waals surface area (Å²) in [6, 6.07) is 7.34. The maximum absolute atomic E-state index is 13.5. The third-order valence-electron chi connectivity index (χ3n) is 4.79. The highest BCUT2D eigenvalue weighted by molar-refractivity contribution is 6.04. The smallest absolute Gasteiger partial charge is 0.275 e. The number of hydrogen-bond acceptors (Lipinski definition) is 4. The summed E-state index contributed by atoms with van der Waals surface area (Å²) >= 11 is 0. The molecule has 2 rings (SSSR count). The van der Waals surface area contributed by atoms with Crippen molar-refractivity contribution in [3.63, 3.8) is 0 Å². The van der Waals surface area contributed by atoms with E-state index in [0.29, 0.717) is 36.2 Å². The summed E-state index contributed by atoms with van der Waals surface area (Å²) in [5.41, 5.74) is 0.190. The standard InChI is InChI=1S/C21H31N3O3/c1-6-16(7-2)23(12-13-27-5)21(26)19-17-10-8-9-11-18(17)20(25)24(22-19)14-15(3)4/h8-11,15-16H,6-7,12-14H2,1-5H3. The van der Waals surface area contributed by atoms with Crippen LogP contribution in [-0.2, 0) is 11.3 Å². The molecule has 2 aromatic rings. The molecule has 0 unspecified atom stereocenters. The van der Waals surface area contributed by atoms with E-state index in [2.05, 4.69) is 18.9 Å². The van der Waals surface area contributed by atoms with Crippen LogP contribution in [0, 0.1) is 5.92 Å². The van der Waals surface area contributed by atoms with Gasteiger partial charge in [-0.2, -0.15) is 5.10 Å². The Bertz CT molecular complexity index is 825. The van der Waals surface area contributed by atoms with Crippen molar-refractivity contribution >= 4 is 16.7 Å². The fourth-order valence-corrected chi connectivity index (χ4v) is 3.37. The largest absolute Gasteiger partial charge is 0.383 e. The summed E-state index contributed by atoms with van der Waals surface area (Å²) in [6.45, 7) is 9.65. The lowest BCUT2D eigenvalue weighted by Crippen LogP contribution is -2.43. The summed E-state index contributed by atoms with van der Waals surface area (Å²) in [4.78, 5) is 28.1. The maximum atomic E-state index is 13.5. The minimum atomic E-state index is -0.151. The van der Waals surface area contributed by atoms with Crippen LogP contribution < -0.4 is 5.56 Å². The molecular formula is C21H31N3O3. The zero-order valence-electron chi connectivity index (χ0n) is 17.1. The van der Waals surface area contributed by atoms with E-state index in [1.165, 1.54) is 4.68 Å². The molecule has 0 radical (unpaired) electrons. The van der Waals surface area contributed by atoms with Crippen LogP contribution in [0.4, 0.5) is 0 Å². The van der Waals surface area contributed by atoms with Gasteiger partial charge in [-0.25, -0.2) is 4.68 Å². The van der Waals surface area contributed by atoms with E-state index in [9.17, 15) is 9.59 Å². The Balaban J connectivity index is 2.61. The zero-order valence-corrected chi connectivity index (χ0v) is 17.1. The first-order valence-electron chi connectivity index (χ1n) is 9.74. The minimum absolute atomic E-state index is 0.110. The summed E-state index contributed by atoms with van der Waals surface area (Å²) in [7, 11) is 1.63. The number of aromatic nitrogens is 2. The Morgan fingerprint density at radius 3 is 2.37 bits per heavy atom. The molecule has 1 aromatic carbocycles. The Morgan fingerprint density at radius 1 is 1.19 bits per heavy atom. The van der Waals surface area contributed by atoms with Crippen LogP contribution >= 0.6 is 0 Å². The third kappa shape index (κ3) is 4.75. The molecule has 0 aliphatic rings. The number of carbonyl (C=O) groups is 1. The molecule has 1 heterocycles. The normalized spacial score (nSPS) is 11.5. The van der Waals surface area contributed by atoms with Gasteiger partial charge >= 0.3 is 0 Å². The summed E-state index contributed by atoms with van der Waals surface area (Å²) in [5, 5.41) is 5.64. The van der Waals surface area contributed by atoms with Crippen LogP contribution in [-0.4, -0.2) is 46.9 Å². The molecule has 0 atom stereocenters. The topological polar surface area (TPSA) is 64.4 Å². The molecule has 1 aromatic heterocycles. The second-order valence-electron chi connectivity index (χ2n) is 7.24. The number of fused-ring (bicyclic) bond motifs is 1. The van der Waals surface area contributed by atoms with Crippen molar-refractivity contribution in [1.82, 2.24) is 14.7 Å². The maximum Gasteiger partial charge on any atom is 0.275 e. The predicted octanol–water partition coefficient (Wildman–Crippen LogP) is 3.33. The SMILES string of the molecule is CCC(CC)N(CCOC)C(=O)c1nn(CC(C)C)c(=O)c2ccccc12. The number of rotatable bonds is 9. The van der Waals surface area contributed by atoms with Crippen LogP contribution in [0.15, 0.2) is 29.1 Å². The average molecular weight is 373 g/mol. The molecule has 27 heavy (non-hydrogen) atoms. The molecule has 0 spiro atoms. The van der Waals surface area contributed by atoms with Crippen molar-refractivity contribution in [3.8, 4) is 0 Å². The van der Waals surface area contributed by atoms with Gasteiger partial charge in [0, 0.05) is 31.6 Å². The number of methoxy groups -OCH3 is 1. The number of ether oxygens (including phenoxy) is 1. The van der Waals surface area contributed by atoms with Gasteiger partial charge in [-0.3, -0.25) is 9.59 Å². The van der Waals surface area contributed by atoms with Gasteiger partial charge in [-0.1, -0.05) is 45.9 Å². The molecule has 0 saturated heterocycles. The Kier molecular flexibility index (Phi) is 7.54. The van der Waals surface area contributed by atoms with E-state index in [1.54, 1.807) is 19.2 Å². The lowest BCUT2D eigenvalue weighted by atomic mass is 10.1. The molecule has 6 heteroatoms. The van der Waals surface area contributed by atoms with Gasteiger partial charge in [0.1, 0.15) is 0 Å². The first-order chi connectivity index (χ1) is 12.9. The van der Waals surface area contributed by atoms with Crippen LogP contribution in [0.25, 0.3) is 10.8 Å². The lowest BCUT2D eigenvalue weighted by molar-refractivity contribution is 0.0583. The van der Waals surface area contributed by atoms with Gasteiger partial charge in [0.05, 0.1) is 12.0 Å². The molecule has 0 saturated carbocycles. The van der Waals surface area contributed by atoms with Crippen molar-refractivity contribution < 1.29 is 9.53 Å². The second-order valence-corrected chi connectivity index (χ2v) is 7.24. The van der Waals surface area contributed by atoms with E-state index in [-0.39, 0.29) is 23.4 Å². The van der Waals surface area contributed by atoms with E-state index in [0.717, 1.165) is 12.8 Å². The van der Waals surface area contributed by atoms with E-state index >= 15 is 0 Å². The highest BCUT2D eigenvalue weighted by Gasteiger charge is 2.26. The Labute approximate surface area is 161 Å². The summed E-state index contributed by atoms with van der Waals surface area (Å²) < 4.78 is 6.64. The van der Waals surface area contributed by atoms with Crippen molar-refractivity contribution in [1.29, 1.82) is 0 Å². The Hall–Kier alpha value is -2.21. The highest BCUT2D eigenvalue weighted by Crippen LogP contribution is 2.19. The first-order valence-corrected chi connectivity index (χ1v) is 9.74. The van der Waals surface area contributed by atoms with Gasteiger partial charge in [0.2, 0.25) is 0 Å². The van der Waals surface area contributed by atoms with Crippen LogP contribution in [0.2, 0.25) is 0 Å². The highest BCUT2D eigenvalue weighted by atomic mass is 16.5. The molecular weight excluding hydrogens is 342 g/mol. The summed E-state index contributed by atoms with van der Waals surface area (Å²) in [6.07, 6.45) is 1.71. The number of benzene rings is 1. The van der Waals surface area contributed by atoms with Gasteiger partial charge < -0.3 is 9.64 Å². The monoisotopic (exact) mass is 373 g/mol. The molecule has 0 bridgehead atoms. The molecule has 1 amide bonds. The average Bonchev–Trinajstić information content (AvgIpc) is 2.66. The summed E-state index contributed by atoms with van der Waals surface area (Å²) in [5.74, 6) is 0.109. The fraction of sp³-hybridized carbons (Fsp3) is 0.571. The molecule has 6 nitrogen and oxygen atoms in total. The lowest BCUT2D eigenvalue weighted by Gasteiger charge is -2.30. The quantitative estimate of drug-likeness (QED) is 0.676. The van der Waals surface area contributed by atoms with Crippen molar-refractivity contribution in [2.75, 3.05) is 20.3 Å². The van der Waals surface area contributed by atoms with Gasteiger partial charge in [-0.05, 0) is 24.8 Å². The zero-order chi connectivity index (χ0) is 20.0. The molecule has 0 fully saturated rings. The molecule has 0 aliphatic heterocycles. The van der Waals surface area contributed by atoms with Crippen molar-refractivity contribution in [2.24, 2.45) is 5.92 Å². The van der Waals surface area contributed by atoms with E-state index in [4.69, 9.17) is 4.74 Å². The number of carbonyl (C=O) groups excluding carboxylic acids is 1. The fourth-order valence-electron chi connectivity index (χ4n) is 3.37. The van der Waals surface area contributed by atoms with Crippen LogP contribution in [0.5, 0.6) is 0 Å². The van der Waals surface area contributed by atoms with Gasteiger partial charge in [0.15, 0.2) is 5.69 Å². The predicted molar refractivity (Wildman–Crippen MR) is 108 cm³/mol. The van der Waals surface area contributed by atoms with E-state index < -0.39 is 0 Å². The van der Waals surface area contributed by atoms with Crippen LogP contribution in [0.3, 0.4) is 0 Å².